The van der Waals surface area contributed by atoms with Crippen molar-refractivity contribution in [1.82, 2.24) is 19.6 Å². The molecule has 1 aromatic heterocycles. The van der Waals surface area contributed by atoms with Gasteiger partial charge in [0.2, 0.25) is 0 Å². The van der Waals surface area contributed by atoms with Crippen LogP contribution in [-0.2, 0) is 13.6 Å². The molecule has 1 saturated heterocycles. The zero-order valence-electron chi connectivity index (χ0n) is 14.9. The van der Waals surface area contributed by atoms with Crippen LogP contribution >= 0.6 is 23.8 Å². The lowest BCUT2D eigenvalue weighted by Gasteiger charge is -2.36. The predicted molar refractivity (Wildman–Crippen MR) is 107 cm³/mol. The molecule has 0 amide bonds. The van der Waals surface area contributed by atoms with Crippen LogP contribution in [0.1, 0.15) is 16.8 Å². The molecule has 0 radical (unpaired) electrons. The lowest BCUT2D eigenvalue weighted by atomic mass is 10.2. The Balaban J connectivity index is 1.52. The highest BCUT2D eigenvalue weighted by Crippen LogP contribution is 2.20. The molecule has 0 spiro atoms. The van der Waals surface area contributed by atoms with Crippen LogP contribution in [-0.4, -0.2) is 50.9 Å². The van der Waals surface area contributed by atoms with Crippen molar-refractivity contribution in [3.05, 3.63) is 46.2 Å². The third kappa shape index (κ3) is 4.32. The number of hydrogen-bond acceptors (Lipinski definition) is 3. The second-order valence-electron chi connectivity index (χ2n) is 6.54. The molecule has 2 aromatic rings. The number of hydrogen-bond donors (Lipinski definition) is 1. The van der Waals surface area contributed by atoms with Crippen LogP contribution < -0.4 is 5.32 Å². The average molecular weight is 378 g/mol. The van der Waals surface area contributed by atoms with E-state index >= 15 is 0 Å². The maximum Gasteiger partial charge on any atom is 0.173 e. The summed E-state index contributed by atoms with van der Waals surface area (Å²) in [5.41, 5.74) is 4.54. The smallest absolute Gasteiger partial charge is 0.173 e. The maximum atomic E-state index is 6.18. The van der Waals surface area contributed by atoms with Crippen LogP contribution in [0.4, 0.5) is 5.69 Å². The highest BCUT2D eigenvalue weighted by atomic mass is 35.5. The maximum absolute atomic E-state index is 6.18. The molecule has 1 aromatic carbocycles. The monoisotopic (exact) mass is 377 g/mol. The molecule has 5 nitrogen and oxygen atoms in total. The fourth-order valence-corrected chi connectivity index (χ4v) is 3.40. The number of benzene rings is 1. The minimum atomic E-state index is 0.754. The predicted octanol–water partition coefficient (Wildman–Crippen LogP) is 3.20. The topological polar surface area (TPSA) is 36.3 Å². The lowest BCUT2D eigenvalue weighted by Crippen LogP contribution is -2.49. The summed E-state index contributed by atoms with van der Waals surface area (Å²) >= 11 is 11.7. The van der Waals surface area contributed by atoms with Gasteiger partial charge in [0.05, 0.1) is 6.20 Å². The molecule has 1 aliphatic rings. The number of rotatable bonds is 3. The second kappa shape index (κ2) is 7.72. The molecule has 1 aliphatic heterocycles. The van der Waals surface area contributed by atoms with Gasteiger partial charge in [-0.3, -0.25) is 9.58 Å². The van der Waals surface area contributed by atoms with Gasteiger partial charge >= 0.3 is 0 Å². The number of thiocarbonyl (C=S) groups is 1. The highest BCUT2D eigenvalue weighted by Gasteiger charge is 2.20. The Morgan fingerprint density at radius 2 is 1.96 bits per heavy atom. The first-order valence-corrected chi connectivity index (χ1v) is 9.24. The highest BCUT2D eigenvalue weighted by molar-refractivity contribution is 7.80. The van der Waals surface area contributed by atoms with E-state index in [9.17, 15) is 0 Å². The van der Waals surface area contributed by atoms with Crippen LogP contribution in [0.5, 0.6) is 0 Å². The van der Waals surface area contributed by atoms with E-state index in [1.807, 2.05) is 43.0 Å². The average Bonchev–Trinajstić information content (AvgIpc) is 2.91. The van der Waals surface area contributed by atoms with Crippen molar-refractivity contribution in [1.29, 1.82) is 0 Å². The molecule has 0 aliphatic carbocycles. The number of nitrogens with zero attached hydrogens (tertiary/aromatic N) is 4. The number of piperazine rings is 1. The minimum Gasteiger partial charge on any atom is -0.346 e. The van der Waals surface area contributed by atoms with Crippen LogP contribution in [0.25, 0.3) is 0 Å². The Labute approximate surface area is 159 Å². The zero-order chi connectivity index (χ0) is 18.0. The standard InChI is InChI=1S/C18H24ClN5S/c1-13-4-5-16(10-17(13)19)21-18(25)24-8-6-23(7-9-24)12-15-11-20-22(3)14(15)2/h4-5,10-11H,6-9,12H2,1-3H3,(H,21,25). The van der Waals surface area contributed by atoms with Crippen molar-refractivity contribution >= 4 is 34.6 Å². The molecule has 0 saturated carbocycles. The summed E-state index contributed by atoms with van der Waals surface area (Å²) in [5.74, 6) is 0. The van der Waals surface area contributed by atoms with E-state index in [2.05, 4.69) is 27.1 Å². The number of nitrogens with one attached hydrogen (secondary N) is 1. The first-order chi connectivity index (χ1) is 11.9. The molecule has 134 valence electrons. The van der Waals surface area contributed by atoms with Gasteiger partial charge in [0.25, 0.3) is 0 Å². The van der Waals surface area contributed by atoms with Crippen molar-refractivity contribution in [3.63, 3.8) is 0 Å². The largest absolute Gasteiger partial charge is 0.346 e. The Kier molecular flexibility index (Phi) is 5.61. The van der Waals surface area contributed by atoms with Gasteiger partial charge in [-0.25, -0.2) is 0 Å². The fraction of sp³-hybridized carbons (Fsp3) is 0.444. The van der Waals surface area contributed by atoms with Gasteiger partial charge in [0.1, 0.15) is 0 Å². The third-order valence-electron chi connectivity index (χ3n) is 4.81. The quantitative estimate of drug-likeness (QED) is 0.831. The summed E-state index contributed by atoms with van der Waals surface area (Å²) in [6.45, 7) is 8.88. The van der Waals surface area contributed by atoms with Gasteiger partial charge in [0.15, 0.2) is 5.11 Å². The molecule has 0 unspecified atom stereocenters. The molecule has 7 heteroatoms. The molecule has 1 fully saturated rings. The van der Waals surface area contributed by atoms with E-state index in [0.717, 1.165) is 54.1 Å². The van der Waals surface area contributed by atoms with E-state index in [1.54, 1.807) is 0 Å². The van der Waals surface area contributed by atoms with Gasteiger partial charge in [-0.2, -0.15) is 5.10 Å². The van der Waals surface area contributed by atoms with Crippen molar-refractivity contribution < 1.29 is 0 Å². The van der Waals surface area contributed by atoms with Crippen LogP contribution in [0.2, 0.25) is 5.02 Å². The molecule has 1 N–H and O–H groups in total. The van der Waals surface area contributed by atoms with E-state index < -0.39 is 0 Å². The Bertz CT molecular complexity index is 765. The first kappa shape index (κ1) is 18.2. The first-order valence-electron chi connectivity index (χ1n) is 8.46. The second-order valence-corrected chi connectivity index (χ2v) is 7.33. The molecule has 25 heavy (non-hydrogen) atoms. The van der Waals surface area contributed by atoms with Gasteiger partial charge in [-0.15, -0.1) is 0 Å². The van der Waals surface area contributed by atoms with Crippen molar-refractivity contribution in [2.24, 2.45) is 7.05 Å². The number of anilines is 1. The summed E-state index contributed by atoms with van der Waals surface area (Å²) < 4.78 is 1.93. The van der Waals surface area contributed by atoms with Crippen molar-refractivity contribution in [3.8, 4) is 0 Å². The zero-order valence-corrected chi connectivity index (χ0v) is 16.5. The molecule has 2 heterocycles. The van der Waals surface area contributed by atoms with Gasteiger partial charge in [-0.05, 0) is 43.8 Å². The van der Waals surface area contributed by atoms with E-state index in [4.69, 9.17) is 23.8 Å². The SMILES string of the molecule is Cc1ccc(NC(=S)N2CCN(Cc3cnn(C)c3C)CC2)cc1Cl. The molecular weight excluding hydrogens is 354 g/mol. The minimum absolute atomic E-state index is 0.754. The summed E-state index contributed by atoms with van der Waals surface area (Å²) in [6.07, 6.45) is 1.97. The molecule has 0 bridgehead atoms. The summed E-state index contributed by atoms with van der Waals surface area (Å²) in [5, 5.41) is 9.14. The molecule has 0 atom stereocenters. The van der Waals surface area contributed by atoms with Gasteiger partial charge in [0, 0.05) is 61.7 Å². The van der Waals surface area contributed by atoms with Crippen molar-refractivity contribution in [2.75, 3.05) is 31.5 Å². The Morgan fingerprint density at radius 1 is 1.24 bits per heavy atom. The van der Waals surface area contributed by atoms with E-state index in [-0.39, 0.29) is 0 Å². The van der Waals surface area contributed by atoms with E-state index in [0.29, 0.717) is 0 Å². The van der Waals surface area contributed by atoms with Crippen LogP contribution in [0, 0.1) is 13.8 Å². The van der Waals surface area contributed by atoms with E-state index in [1.165, 1.54) is 11.3 Å². The summed E-state index contributed by atoms with van der Waals surface area (Å²) in [7, 11) is 1.98. The number of aromatic nitrogens is 2. The molecule has 3 rings (SSSR count). The fourth-order valence-electron chi connectivity index (χ4n) is 2.92. The number of aryl methyl sites for hydroxylation is 2. The van der Waals surface area contributed by atoms with Crippen LogP contribution in [0.15, 0.2) is 24.4 Å². The third-order valence-corrected chi connectivity index (χ3v) is 5.58. The Morgan fingerprint density at radius 3 is 2.56 bits per heavy atom. The van der Waals surface area contributed by atoms with Crippen LogP contribution in [0.3, 0.4) is 0 Å². The lowest BCUT2D eigenvalue weighted by molar-refractivity contribution is 0.176. The molecular formula is C18H24ClN5S. The van der Waals surface area contributed by atoms with Gasteiger partial charge in [-0.1, -0.05) is 17.7 Å². The summed E-state index contributed by atoms with van der Waals surface area (Å²) in [4.78, 5) is 4.67. The summed E-state index contributed by atoms with van der Waals surface area (Å²) in [6, 6.07) is 5.93. The van der Waals surface area contributed by atoms with Gasteiger partial charge < -0.3 is 10.2 Å². The number of halogens is 1. The normalized spacial score (nSPS) is 15.4. The Hall–Kier alpha value is -1.63. The van der Waals surface area contributed by atoms with Crippen molar-refractivity contribution in [2.45, 2.75) is 20.4 Å².